The van der Waals surface area contributed by atoms with E-state index in [2.05, 4.69) is 0 Å². The van der Waals surface area contributed by atoms with Crippen LogP contribution in [0.3, 0.4) is 0 Å². The summed E-state index contributed by atoms with van der Waals surface area (Å²) in [7, 11) is 0. The molecule has 1 fully saturated rings. The van der Waals surface area contributed by atoms with Crippen molar-refractivity contribution in [3.8, 4) is 5.75 Å². The van der Waals surface area contributed by atoms with Gasteiger partial charge in [0.15, 0.2) is 17.7 Å². The molecule has 0 aliphatic carbocycles. The molecule has 1 atom stereocenters. The Morgan fingerprint density at radius 2 is 1.75 bits per heavy atom. The summed E-state index contributed by atoms with van der Waals surface area (Å²) in [6.07, 6.45) is -0.666. The fraction of sp³-hybridized carbons (Fsp3) is 0.529. The molecular formula is C17H23FN2O4. The summed E-state index contributed by atoms with van der Waals surface area (Å²) in [5.74, 6) is -0.608. The lowest BCUT2D eigenvalue weighted by Crippen LogP contribution is -2.53. The van der Waals surface area contributed by atoms with Gasteiger partial charge in [0.05, 0.1) is 6.61 Å². The minimum absolute atomic E-state index is 0.0721. The molecule has 0 aromatic heterocycles. The van der Waals surface area contributed by atoms with Gasteiger partial charge in [0.25, 0.3) is 5.91 Å². The van der Waals surface area contributed by atoms with Crippen molar-refractivity contribution in [3.63, 3.8) is 0 Å². The van der Waals surface area contributed by atoms with Crippen LogP contribution in [0.4, 0.5) is 9.18 Å². The number of halogens is 1. The molecule has 0 bridgehead atoms. The predicted molar refractivity (Wildman–Crippen MR) is 86.3 cm³/mol. The molecule has 0 radical (unpaired) electrons. The van der Waals surface area contributed by atoms with Gasteiger partial charge in [-0.15, -0.1) is 0 Å². The summed E-state index contributed by atoms with van der Waals surface area (Å²) >= 11 is 0. The number of nitrogens with zero attached hydrogens (tertiary/aromatic N) is 2. The molecular weight excluding hydrogens is 315 g/mol. The van der Waals surface area contributed by atoms with E-state index in [9.17, 15) is 14.0 Å². The lowest BCUT2D eigenvalue weighted by molar-refractivity contribution is -0.140. The summed E-state index contributed by atoms with van der Waals surface area (Å²) in [4.78, 5) is 27.5. The number of para-hydroxylation sites is 1. The summed E-state index contributed by atoms with van der Waals surface area (Å²) in [6.45, 7) is 5.55. The second-order valence-corrected chi connectivity index (χ2v) is 5.46. The third-order valence-corrected chi connectivity index (χ3v) is 3.87. The van der Waals surface area contributed by atoms with E-state index >= 15 is 0 Å². The van der Waals surface area contributed by atoms with E-state index in [1.807, 2.05) is 6.92 Å². The molecule has 0 unspecified atom stereocenters. The Morgan fingerprint density at radius 3 is 2.33 bits per heavy atom. The van der Waals surface area contributed by atoms with Gasteiger partial charge >= 0.3 is 6.09 Å². The minimum atomic E-state index is -0.740. The van der Waals surface area contributed by atoms with Crippen LogP contribution in [0.1, 0.15) is 20.3 Å². The van der Waals surface area contributed by atoms with Crippen molar-refractivity contribution < 1.29 is 23.5 Å². The largest absolute Gasteiger partial charge is 0.478 e. The number of ether oxygens (including phenoxy) is 2. The molecule has 2 amide bonds. The maximum atomic E-state index is 13.7. The number of hydrogen-bond acceptors (Lipinski definition) is 4. The van der Waals surface area contributed by atoms with Gasteiger partial charge in [0.1, 0.15) is 0 Å². The van der Waals surface area contributed by atoms with E-state index in [0.717, 1.165) is 0 Å². The summed E-state index contributed by atoms with van der Waals surface area (Å²) in [5.41, 5.74) is 0. The van der Waals surface area contributed by atoms with Gasteiger partial charge in [-0.25, -0.2) is 9.18 Å². The Labute approximate surface area is 141 Å². The molecule has 1 aliphatic rings. The summed E-state index contributed by atoms with van der Waals surface area (Å²) in [6, 6.07) is 6.03. The van der Waals surface area contributed by atoms with Gasteiger partial charge in [-0.2, -0.15) is 0 Å². The van der Waals surface area contributed by atoms with Gasteiger partial charge in [-0.05, 0) is 25.5 Å². The first-order chi connectivity index (χ1) is 11.6. The van der Waals surface area contributed by atoms with Crippen LogP contribution in [0.15, 0.2) is 24.3 Å². The van der Waals surface area contributed by atoms with Crippen LogP contribution in [0.5, 0.6) is 5.75 Å². The fourth-order valence-corrected chi connectivity index (χ4v) is 2.53. The predicted octanol–water partition coefficient (Wildman–Crippen LogP) is 2.28. The highest BCUT2D eigenvalue weighted by Gasteiger charge is 2.30. The van der Waals surface area contributed by atoms with Crippen molar-refractivity contribution in [1.82, 2.24) is 9.80 Å². The molecule has 0 N–H and O–H groups in total. The standard InChI is InChI=1S/C17H23FN2O4/c1-3-14(24-15-8-6-5-7-13(15)18)16(21)19-9-11-20(12-10-19)17(22)23-4-2/h5-8,14H,3-4,9-12H2,1-2H3/t14-/m1/s1. The van der Waals surface area contributed by atoms with E-state index in [0.29, 0.717) is 39.2 Å². The van der Waals surface area contributed by atoms with Crippen LogP contribution >= 0.6 is 0 Å². The lowest BCUT2D eigenvalue weighted by atomic mass is 10.2. The van der Waals surface area contributed by atoms with Crippen molar-refractivity contribution in [1.29, 1.82) is 0 Å². The molecule has 1 saturated heterocycles. The first kappa shape index (κ1) is 18.0. The second kappa shape index (κ2) is 8.52. The molecule has 24 heavy (non-hydrogen) atoms. The Balaban J connectivity index is 1.93. The molecule has 0 saturated carbocycles. The quantitative estimate of drug-likeness (QED) is 0.826. The maximum Gasteiger partial charge on any atom is 0.409 e. The van der Waals surface area contributed by atoms with Crippen molar-refractivity contribution in [2.24, 2.45) is 0 Å². The van der Waals surface area contributed by atoms with Crippen molar-refractivity contribution in [3.05, 3.63) is 30.1 Å². The van der Waals surface area contributed by atoms with Crippen molar-refractivity contribution in [2.75, 3.05) is 32.8 Å². The Kier molecular flexibility index (Phi) is 6.40. The average molecular weight is 338 g/mol. The van der Waals surface area contributed by atoms with Crippen LogP contribution in [-0.2, 0) is 9.53 Å². The van der Waals surface area contributed by atoms with Gasteiger partial charge in [0, 0.05) is 26.2 Å². The van der Waals surface area contributed by atoms with E-state index in [-0.39, 0.29) is 17.7 Å². The third kappa shape index (κ3) is 4.37. The fourth-order valence-electron chi connectivity index (χ4n) is 2.53. The topological polar surface area (TPSA) is 59.1 Å². The zero-order valence-corrected chi connectivity index (χ0v) is 14.0. The van der Waals surface area contributed by atoms with Crippen LogP contribution in [0.25, 0.3) is 0 Å². The van der Waals surface area contributed by atoms with E-state index in [1.54, 1.807) is 28.9 Å². The minimum Gasteiger partial charge on any atom is -0.478 e. The third-order valence-electron chi connectivity index (χ3n) is 3.87. The van der Waals surface area contributed by atoms with E-state index in [4.69, 9.17) is 9.47 Å². The number of carbonyl (C=O) groups is 2. The number of hydrogen-bond donors (Lipinski definition) is 0. The highest BCUT2D eigenvalue weighted by molar-refractivity contribution is 5.81. The molecule has 0 spiro atoms. The van der Waals surface area contributed by atoms with Crippen LogP contribution in [0, 0.1) is 5.82 Å². The number of amides is 2. The summed E-state index contributed by atoms with van der Waals surface area (Å²) < 4.78 is 24.2. The van der Waals surface area contributed by atoms with E-state index in [1.165, 1.54) is 12.1 Å². The first-order valence-corrected chi connectivity index (χ1v) is 8.18. The van der Waals surface area contributed by atoms with Crippen LogP contribution < -0.4 is 4.74 Å². The SMILES string of the molecule is CCOC(=O)N1CCN(C(=O)[C@@H](CC)Oc2ccccc2F)CC1. The zero-order valence-electron chi connectivity index (χ0n) is 14.0. The number of piperazine rings is 1. The van der Waals surface area contributed by atoms with E-state index < -0.39 is 11.9 Å². The zero-order chi connectivity index (χ0) is 17.5. The lowest BCUT2D eigenvalue weighted by Gasteiger charge is -2.35. The van der Waals surface area contributed by atoms with Crippen molar-refractivity contribution in [2.45, 2.75) is 26.4 Å². The molecule has 7 heteroatoms. The molecule has 6 nitrogen and oxygen atoms in total. The molecule has 1 aromatic rings. The van der Waals surface area contributed by atoms with Gasteiger partial charge in [-0.1, -0.05) is 19.1 Å². The number of benzene rings is 1. The molecule has 132 valence electrons. The van der Waals surface area contributed by atoms with Crippen LogP contribution in [0.2, 0.25) is 0 Å². The molecule has 1 heterocycles. The Bertz CT molecular complexity index is 573. The maximum absolute atomic E-state index is 13.7. The first-order valence-electron chi connectivity index (χ1n) is 8.18. The second-order valence-electron chi connectivity index (χ2n) is 5.46. The highest BCUT2D eigenvalue weighted by atomic mass is 19.1. The smallest absolute Gasteiger partial charge is 0.409 e. The number of carbonyl (C=O) groups excluding carboxylic acids is 2. The van der Waals surface area contributed by atoms with Gasteiger partial charge < -0.3 is 19.3 Å². The summed E-state index contributed by atoms with van der Waals surface area (Å²) in [5, 5.41) is 0. The monoisotopic (exact) mass is 338 g/mol. The molecule has 2 rings (SSSR count). The Hall–Kier alpha value is -2.31. The molecule has 1 aliphatic heterocycles. The average Bonchev–Trinajstić information content (AvgIpc) is 2.61. The highest BCUT2D eigenvalue weighted by Crippen LogP contribution is 2.19. The number of rotatable bonds is 5. The van der Waals surface area contributed by atoms with Crippen molar-refractivity contribution >= 4 is 12.0 Å². The van der Waals surface area contributed by atoms with Gasteiger partial charge in [-0.3, -0.25) is 4.79 Å². The molecule has 1 aromatic carbocycles. The van der Waals surface area contributed by atoms with Crippen LogP contribution in [-0.4, -0.2) is 60.7 Å². The normalized spacial score (nSPS) is 15.8. The Morgan fingerprint density at radius 1 is 1.12 bits per heavy atom. The van der Waals surface area contributed by atoms with Gasteiger partial charge in [0.2, 0.25) is 0 Å².